The highest BCUT2D eigenvalue weighted by molar-refractivity contribution is 7.80. The fourth-order valence-electron chi connectivity index (χ4n) is 2.12. The van der Waals surface area contributed by atoms with Crippen LogP contribution in [0.4, 0.5) is 5.69 Å². The van der Waals surface area contributed by atoms with E-state index in [-0.39, 0.29) is 5.11 Å². The SMILES string of the molecule is Cc1ccccc1C(=O)N[C@@H](NC(=S)Nc1cc(Cl)ccc1Cl)C(Cl)(Cl)Cl. The smallest absolute Gasteiger partial charge is 0.253 e. The standard InChI is InChI=1S/C17H14Cl5N3OS/c1-9-4-2-3-5-11(9)14(26)24-15(17(20,21)22)25-16(27)23-13-8-10(18)6-7-12(13)19/h2-8,15H,1H3,(H,24,26)(H2,23,25,27)/t15-/m0/s1. The van der Waals surface area contributed by atoms with Crippen LogP contribution in [0.5, 0.6) is 0 Å². The second-order valence-electron chi connectivity index (χ2n) is 5.49. The van der Waals surface area contributed by atoms with Crippen LogP contribution in [0, 0.1) is 6.92 Å². The van der Waals surface area contributed by atoms with Crippen LogP contribution in [0.1, 0.15) is 15.9 Å². The highest BCUT2D eigenvalue weighted by Gasteiger charge is 2.35. The van der Waals surface area contributed by atoms with Gasteiger partial charge in [-0.05, 0) is 49.0 Å². The first kappa shape index (κ1) is 22.3. The summed E-state index contributed by atoms with van der Waals surface area (Å²) >= 11 is 35.2. The number of hydrogen-bond acceptors (Lipinski definition) is 2. The minimum atomic E-state index is -1.87. The van der Waals surface area contributed by atoms with Gasteiger partial charge in [-0.25, -0.2) is 0 Å². The first-order valence-electron chi connectivity index (χ1n) is 7.53. The molecule has 3 N–H and O–H groups in total. The summed E-state index contributed by atoms with van der Waals surface area (Å²) in [5, 5.41) is 9.19. The van der Waals surface area contributed by atoms with Gasteiger partial charge in [0.1, 0.15) is 6.17 Å². The van der Waals surface area contributed by atoms with Crippen molar-refractivity contribution in [1.82, 2.24) is 10.6 Å². The number of carbonyl (C=O) groups excluding carboxylic acids is 1. The molecule has 0 radical (unpaired) electrons. The number of benzene rings is 2. The van der Waals surface area contributed by atoms with Crippen molar-refractivity contribution in [3.8, 4) is 0 Å². The molecule has 0 aliphatic carbocycles. The summed E-state index contributed by atoms with van der Waals surface area (Å²) in [6, 6.07) is 11.9. The van der Waals surface area contributed by atoms with E-state index in [0.717, 1.165) is 5.56 Å². The Bertz CT molecular complexity index is 857. The van der Waals surface area contributed by atoms with E-state index in [1.807, 2.05) is 6.07 Å². The van der Waals surface area contributed by atoms with Crippen molar-refractivity contribution < 1.29 is 4.79 Å². The maximum atomic E-state index is 12.5. The van der Waals surface area contributed by atoms with Crippen LogP contribution in [-0.2, 0) is 0 Å². The number of anilines is 1. The van der Waals surface area contributed by atoms with Gasteiger partial charge in [0.15, 0.2) is 5.11 Å². The molecular weight excluding hydrogens is 472 g/mol. The molecule has 0 heterocycles. The molecule has 0 aliphatic heterocycles. The molecule has 0 saturated heterocycles. The van der Waals surface area contributed by atoms with Crippen LogP contribution in [0.25, 0.3) is 0 Å². The third-order valence-corrected chi connectivity index (χ3v) is 4.88. The largest absolute Gasteiger partial charge is 0.339 e. The van der Waals surface area contributed by atoms with Crippen LogP contribution in [0.15, 0.2) is 42.5 Å². The van der Waals surface area contributed by atoms with Crippen LogP contribution in [0.2, 0.25) is 10.0 Å². The van der Waals surface area contributed by atoms with Crippen LogP contribution in [-0.4, -0.2) is 21.0 Å². The fraction of sp³-hybridized carbons (Fsp3) is 0.176. The van der Waals surface area contributed by atoms with Gasteiger partial charge in [0.25, 0.3) is 5.91 Å². The average molecular weight is 486 g/mol. The molecule has 144 valence electrons. The second kappa shape index (κ2) is 9.50. The Kier molecular flexibility index (Phi) is 7.86. The van der Waals surface area contributed by atoms with Gasteiger partial charge in [0, 0.05) is 10.6 Å². The lowest BCUT2D eigenvalue weighted by atomic mass is 10.1. The van der Waals surface area contributed by atoms with Crippen molar-refractivity contribution in [2.24, 2.45) is 0 Å². The molecule has 2 rings (SSSR count). The van der Waals surface area contributed by atoms with E-state index < -0.39 is 15.9 Å². The molecule has 0 fully saturated rings. The van der Waals surface area contributed by atoms with E-state index in [2.05, 4.69) is 16.0 Å². The summed E-state index contributed by atoms with van der Waals surface area (Å²) in [6.45, 7) is 1.81. The molecule has 1 atom stereocenters. The predicted octanol–water partition coefficient (Wildman–Crippen LogP) is 5.71. The molecule has 0 aliphatic rings. The number of alkyl halides is 3. The summed E-state index contributed by atoms with van der Waals surface area (Å²) in [5.74, 6) is -0.416. The molecule has 2 aromatic rings. The lowest BCUT2D eigenvalue weighted by Gasteiger charge is -2.28. The minimum Gasteiger partial charge on any atom is -0.339 e. The van der Waals surface area contributed by atoms with E-state index >= 15 is 0 Å². The molecule has 27 heavy (non-hydrogen) atoms. The molecular formula is C17H14Cl5N3OS. The van der Waals surface area contributed by atoms with Crippen molar-refractivity contribution in [3.63, 3.8) is 0 Å². The maximum absolute atomic E-state index is 12.5. The molecule has 1 amide bonds. The van der Waals surface area contributed by atoms with Gasteiger partial charge in [-0.15, -0.1) is 0 Å². The van der Waals surface area contributed by atoms with Gasteiger partial charge in [-0.2, -0.15) is 0 Å². The van der Waals surface area contributed by atoms with Gasteiger partial charge in [0.2, 0.25) is 3.79 Å². The third kappa shape index (κ3) is 6.56. The van der Waals surface area contributed by atoms with E-state index in [0.29, 0.717) is 21.3 Å². The van der Waals surface area contributed by atoms with Gasteiger partial charge < -0.3 is 16.0 Å². The van der Waals surface area contributed by atoms with Crippen molar-refractivity contribution >= 4 is 86.9 Å². The third-order valence-electron chi connectivity index (χ3n) is 3.44. The van der Waals surface area contributed by atoms with E-state index in [9.17, 15) is 4.79 Å². The number of hydrogen-bond donors (Lipinski definition) is 3. The minimum absolute atomic E-state index is 0.0839. The van der Waals surface area contributed by atoms with Crippen LogP contribution in [0.3, 0.4) is 0 Å². The number of amides is 1. The Labute approximate surface area is 187 Å². The number of thiocarbonyl (C=S) groups is 1. The van der Waals surface area contributed by atoms with Crippen molar-refractivity contribution in [3.05, 3.63) is 63.6 Å². The number of carbonyl (C=O) groups is 1. The molecule has 0 saturated carbocycles. The first-order valence-corrected chi connectivity index (χ1v) is 9.83. The lowest BCUT2D eigenvalue weighted by Crippen LogP contribution is -2.56. The zero-order valence-corrected chi connectivity index (χ0v) is 18.4. The van der Waals surface area contributed by atoms with Crippen molar-refractivity contribution in [1.29, 1.82) is 0 Å². The molecule has 10 heteroatoms. The predicted molar refractivity (Wildman–Crippen MR) is 119 cm³/mol. The molecule has 4 nitrogen and oxygen atoms in total. The van der Waals surface area contributed by atoms with Gasteiger partial charge in [-0.1, -0.05) is 76.2 Å². The van der Waals surface area contributed by atoms with Crippen LogP contribution < -0.4 is 16.0 Å². The van der Waals surface area contributed by atoms with E-state index in [4.69, 9.17) is 70.2 Å². The Morgan fingerprint density at radius 3 is 2.37 bits per heavy atom. The highest BCUT2D eigenvalue weighted by Crippen LogP contribution is 2.30. The topological polar surface area (TPSA) is 53.2 Å². The molecule has 0 spiro atoms. The Morgan fingerprint density at radius 1 is 1.07 bits per heavy atom. The number of halogens is 5. The second-order valence-corrected chi connectivity index (χ2v) is 9.11. The average Bonchev–Trinajstić information content (AvgIpc) is 2.57. The summed E-state index contributed by atoms with van der Waals surface area (Å²) in [6.07, 6.45) is -1.10. The highest BCUT2D eigenvalue weighted by atomic mass is 35.6. The Balaban J connectivity index is 2.12. The number of nitrogens with one attached hydrogen (secondary N) is 3. The first-order chi connectivity index (χ1) is 12.6. The van der Waals surface area contributed by atoms with E-state index in [1.54, 1.807) is 43.3 Å². The van der Waals surface area contributed by atoms with Gasteiger partial charge >= 0.3 is 0 Å². The summed E-state index contributed by atoms with van der Waals surface area (Å²) in [5.41, 5.74) is 1.70. The molecule has 0 unspecified atom stereocenters. The summed E-state index contributed by atoms with van der Waals surface area (Å²) < 4.78 is -1.87. The van der Waals surface area contributed by atoms with Crippen LogP contribution >= 0.6 is 70.2 Å². The Morgan fingerprint density at radius 2 is 1.74 bits per heavy atom. The molecule has 0 aromatic heterocycles. The normalized spacial score (nSPS) is 12.2. The zero-order chi connectivity index (χ0) is 20.2. The maximum Gasteiger partial charge on any atom is 0.253 e. The number of aryl methyl sites for hydroxylation is 1. The van der Waals surface area contributed by atoms with Gasteiger partial charge in [-0.3, -0.25) is 4.79 Å². The van der Waals surface area contributed by atoms with Crippen molar-refractivity contribution in [2.45, 2.75) is 16.9 Å². The number of rotatable bonds is 4. The quantitative estimate of drug-likeness (QED) is 0.295. The van der Waals surface area contributed by atoms with Crippen molar-refractivity contribution in [2.75, 3.05) is 5.32 Å². The Hall–Kier alpha value is -0.950. The lowest BCUT2D eigenvalue weighted by molar-refractivity contribution is 0.0934. The molecule has 2 aromatic carbocycles. The van der Waals surface area contributed by atoms with E-state index in [1.165, 1.54) is 0 Å². The molecule has 0 bridgehead atoms. The summed E-state index contributed by atoms with van der Waals surface area (Å²) in [7, 11) is 0. The fourth-order valence-corrected chi connectivity index (χ4v) is 3.01. The monoisotopic (exact) mass is 483 g/mol. The summed E-state index contributed by atoms with van der Waals surface area (Å²) in [4.78, 5) is 12.5. The van der Waals surface area contributed by atoms with Gasteiger partial charge in [0.05, 0.1) is 10.7 Å². The zero-order valence-electron chi connectivity index (χ0n) is 13.8.